The molecule has 0 radical (unpaired) electrons. The Hall–Kier alpha value is -2.17. The minimum absolute atomic E-state index is 0.494. The van der Waals surface area contributed by atoms with Gasteiger partial charge in [-0.3, -0.25) is 0 Å². The van der Waals surface area contributed by atoms with Crippen molar-refractivity contribution >= 4 is 22.5 Å². The van der Waals surface area contributed by atoms with Gasteiger partial charge in [0.2, 0.25) is 5.95 Å². The zero-order valence-electron chi connectivity index (χ0n) is 13.6. The van der Waals surface area contributed by atoms with E-state index in [9.17, 15) is 0 Å². The second kappa shape index (κ2) is 6.14. The van der Waals surface area contributed by atoms with Crippen molar-refractivity contribution in [2.75, 3.05) is 5.32 Å². The summed E-state index contributed by atoms with van der Waals surface area (Å²) >= 11 is 0. The summed E-state index contributed by atoms with van der Waals surface area (Å²) in [6.45, 7) is 1.99. The molecule has 2 heterocycles. The summed E-state index contributed by atoms with van der Waals surface area (Å²) in [6.07, 6.45) is 9.13. The number of nitrogens with zero attached hydrogens (tertiary/aromatic N) is 4. The standard InChI is InChI=1S/C18H23N5/c1-13-21-22-17-15-11-7-8-12-16(15)20-18(23(13)17)19-14-9-5-3-2-4-6-10-14/h7-8,11-12,14H,2-6,9-10H2,1H3,(H,19,20). The molecule has 1 aromatic carbocycles. The van der Waals surface area contributed by atoms with Gasteiger partial charge >= 0.3 is 0 Å². The predicted molar refractivity (Wildman–Crippen MR) is 92.8 cm³/mol. The summed E-state index contributed by atoms with van der Waals surface area (Å²) in [5.74, 6) is 1.76. The third kappa shape index (κ3) is 2.76. The lowest BCUT2D eigenvalue weighted by Crippen LogP contribution is -2.23. The summed E-state index contributed by atoms with van der Waals surface area (Å²) in [4.78, 5) is 4.86. The van der Waals surface area contributed by atoms with Crippen LogP contribution in [0.2, 0.25) is 0 Å². The van der Waals surface area contributed by atoms with Gasteiger partial charge in [0.05, 0.1) is 5.52 Å². The number of nitrogens with one attached hydrogen (secondary N) is 1. The van der Waals surface area contributed by atoms with Gasteiger partial charge in [-0.05, 0) is 31.9 Å². The molecule has 1 aliphatic rings. The molecule has 3 aromatic rings. The average molecular weight is 309 g/mol. The lowest BCUT2D eigenvalue weighted by molar-refractivity contribution is 0.469. The molecule has 0 aliphatic heterocycles. The smallest absolute Gasteiger partial charge is 0.211 e. The second-order valence-corrected chi connectivity index (χ2v) is 6.55. The molecule has 120 valence electrons. The van der Waals surface area contributed by atoms with E-state index in [2.05, 4.69) is 26.0 Å². The van der Waals surface area contributed by atoms with Crippen LogP contribution in [-0.2, 0) is 0 Å². The molecule has 1 saturated carbocycles. The highest BCUT2D eigenvalue weighted by molar-refractivity contribution is 5.92. The molecule has 0 spiro atoms. The van der Waals surface area contributed by atoms with Crippen LogP contribution in [0.4, 0.5) is 5.95 Å². The molecule has 0 bridgehead atoms. The molecule has 1 N–H and O–H groups in total. The second-order valence-electron chi connectivity index (χ2n) is 6.55. The van der Waals surface area contributed by atoms with Crippen molar-refractivity contribution < 1.29 is 0 Å². The molecule has 2 aromatic heterocycles. The Balaban J connectivity index is 1.76. The minimum Gasteiger partial charge on any atom is -0.353 e. The van der Waals surface area contributed by atoms with E-state index < -0.39 is 0 Å². The van der Waals surface area contributed by atoms with Gasteiger partial charge in [-0.15, -0.1) is 10.2 Å². The van der Waals surface area contributed by atoms with Crippen molar-refractivity contribution in [3.63, 3.8) is 0 Å². The van der Waals surface area contributed by atoms with E-state index in [1.54, 1.807) is 0 Å². The van der Waals surface area contributed by atoms with Crippen molar-refractivity contribution in [3.05, 3.63) is 30.1 Å². The van der Waals surface area contributed by atoms with E-state index in [0.29, 0.717) is 6.04 Å². The summed E-state index contributed by atoms with van der Waals surface area (Å²) in [5, 5.41) is 13.4. The zero-order valence-corrected chi connectivity index (χ0v) is 13.6. The third-order valence-corrected chi connectivity index (χ3v) is 4.85. The number of rotatable bonds is 2. The molecule has 0 amide bonds. The Labute approximate surface area is 136 Å². The van der Waals surface area contributed by atoms with Crippen molar-refractivity contribution in [3.8, 4) is 0 Å². The van der Waals surface area contributed by atoms with E-state index >= 15 is 0 Å². The van der Waals surface area contributed by atoms with Gasteiger partial charge in [0.15, 0.2) is 5.65 Å². The average Bonchev–Trinajstić information content (AvgIpc) is 2.92. The molecule has 1 fully saturated rings. The predicted octanol–water partition coefficient (Wildman–Crippen LogP) is 4.11. The first kappa shape index (κ1) is 14.4. The maximum atomic E-state index is 4.86. The van der Waals surface area contributed by atoms with Gasteiger partial charge in [-0.2, -0.15) is 0 Å². The highest BCUT2D eigenvalue weighted by Crippen LogP contribution is 2.24. The Bertz CT molecular complexity index is 815. The van der Waals surface area contributed by atoms with Gasteiger partial charge in [-0.1, -0.05) is 44.2 Å². The SMILES string of the molecule is Cc1nnc2c3ccccc3nc(NC3CCCCCCC3)n12. The Morgan fingerprint density at radius 3 is 2.57 bits per heavy atom. The largest absolute Gasteiger partial charge is 0.353 e. The number of benzene rings is 1. The molecule has 5 nitrogen and oxygen atoms in total. The fraction of sp³-hybridized carbons (Fsp3) is 0.500. The monoisotopic (exact) mass is 309 g/mol. The van der Waals surface area contributed by atoms with E-state index in [1.807, 2.05) is 25.1 Å². The summed E-state index contributed by atoms with van der Waals surface area (Å²) < 4.78 is 2.06. The quantitative estimate of drug-likeness (QED) is 0.774. The van der Waals surface area contributed by atoms with Crippen LogP contribution in [0.3, 0.4) is 0 Å². The molecule has 1 aliphatic carbocycles. The number of fused-ring (bicyclic) bond motifs is 3. The van der Waals surface area contributed by atoms with Crippen LogP contribution in [0.5, 0.6) is 0 Å². The fourth-order valence-electron chi connectivity index (χ4n) is 3.59. The fourth-order valence-corrected chi connectivity index (χ4v) is 3.59. The van der Waals surface area contributed by atoms with Crippen LogP contribution < -0.4 is 5.32 Å². The number of hydrogen-bond donors (Lipinski definition) is 1. The Morgan fingerprint density at radius 2 is 1.74 bits per heavy atom. The van der Waals surface area contributed by atoms with Crippen LogP contribution in [-0.4, -0.2) is 25.6 Å². The topological polar surface area (TPSA) is 55.1 Å². The van der Waals surface area contributed by atoms with E-state index in [0.717, 1.165) is 28.3 Å². The van der Waals surface area contributed by atoms with Crippen LogP contribution in [0.25, 0.3) is 16.6 Å². The zero-order chi connectivity index (χ0) is 15.6. The molecule has 0 atom stereocenters. The van der Waals surface area contributed by atoms with Crippen LogP contribution in [0.15, 0.2) is 24.3 Å². The van der Waals surface area contributed by atoms with E-state index in [-0.39, 0.29) is 0 Å². The van der Waals surface area contributed by atoms with Crippen LogP contribution in [0, 0.1) is 6.92 Å². The van der Waals surface area contributed by atoms with Crippen molar-refractivity contribution in [2.45, 2.75) is 57.9 Å². The lowest BCUT2D eigenvalue weighted by atomic mass is 9.97. The number of hydrogen-bond acceptors (Lipinski definition) is 4. The van der Waals surface area contributed by atoms with Crippen molar-refractivity contribution in [1.29, 1.82) is 0 Å². The minimum atomic E-state index is 0.494. The number of aromatic nitrogens is 4. The van der Waals surface area contributed by atoms with Crippen LogP contribution in [0.1, 0.15) is 50.8 Å². The van der Waals surface area contributed by atoms with Crippen molar-refractivity contribution in [2.24, 2.45) is 0 Å². The summed E-state index contributed by atoms with van der Waals surface area (Å²) in [6, 6.07) is 8.65. The maximum absolute atomic E-state index is 4.86. The van der Waals surface area contributed by atoms with Gasteiger partial charge < -0.3 is 5.32 Å². The first-order valence-electron chi connectivity index (χ1n) is 8.70. The van der Waals surface area contributed by atoms with E-state index in [1.165, 1.54) is 44.9 Å². The normalized spacial score (nSPS) is 17.3. The van der Waals surface area contributed by atoms with Gasteiger partial charge in [-0.25, -0.2) is 9.38 Å². The highest BCUT2D eigenvalue weighted by Gasteiger charge is 2.17. The van der Waals surface area contributed by atoms with Crippen LogP contribution >= 0.6 is 0 Å². The Kier molecular flexibility index (Phi) is 3.85. The number of anilines is 1. The number of aryl methyl sites for hydroxylation is 1. The molecular formula is C18H23N5. The molecule has 4 rings (SSSR count). The maximum Gasteiger partial charge on any atom is 0.211 e. The van der Waals surface area contributed by atoms with Gasteiger partial charge in [0.1, 0.15) is 5.82 Å². The molecule has 0 unspecified atom stereocenters. The Morgan fingerprint density at radius 1 is 1.00 bits per heavy atom. The van der Waals surface area contributed by atoms with Gasteiger partial charge in [0.25, 0.3) is 0 Å². The molecule has 23 heavy (non-hydrogen) atoms. The summed E-state index contributed by atoms with van der Waals surface area (Å²) in [7, 11) is 0. The van der Waals surface area contributed by atoms with Gasteiger partial charge in [0, 0.05) is 11.4 Å². The highest BCUT2D eigenvalue weighted by atomic mass is 15.3. The third-order valence-electron chi connectivity index (χ3n) is 4.85. The lowest BCUT2D eigenvalue weighted by Gasteiger charge is -2.22. The molecule has 5 heteroatoms. The van der Waals surface area contributed by atoms with Crippen molar-refractivity contribution in [1.82, 2.24) is 19.6 Å². The first-order valence-corrected chi connectivity index (χ1v) is 8.70. The molecule has 0 saturated heterocycles. The number of para-hydroxylation sites is 1. The first-order chi connectivity index (χ1) is 11.3. The van der Waals surface area contributed by atoms with E-state index in [4.69, 9.17) is 4.98 Å². The molecular weight excluding hydrogens is 286 g/mol. The summed E-state index contributed by atoms with van der Waals surface area (Å²) in [5.41, 5.74) is 1.86.